The van der Waals surface area contributed by atoms with Crippen LogP contribution in [-0.4, -0.2) is 49.1 Å². The molecule has 0 bridgehead atoms. The van der Waals surface area contributed by atoms with E-state index >= 15 is 0 Å². The van der Waals surface area contributed by atoms with Crippen molar-refractivity contribution in [2.45, 2.75) is 32.7 Å². The van der Waals surface area contributed by atoms with Gasteiger partial charge >= 0.3 is 6.03 Å². The molecule has 0 spiro atoms. The van der Waals surface area contributed by atoms with Gasteiger partial charge in [-0.25, -0.2) is 4.79 Å². The van der Waals surface area contributed by atoms with Crippen LogP contribution in [0.4, 0.5) is 16.2 Å². The van der Waals surface area contributed by atoms with Gasteiger partial charge in [-0.3, -0.25) is 4.79 Å². The topological polar surface area (TPSA) is 82.7 Å². The molecule has 0 aromatic heterocycles. The minimum atomic E-state index is -0.206. The van der Waals surface area contributed by atoms with Crippen molar-refractivity contribution >= 4 is 23.3 Å². The van der Waals surface area contributed by atoms with Crippen molar-refractivity contribution in [3.05, 3.63) is 18.2 Å². The first-order valence-electron chi connectivity index (χ1n) is 8.86. The third kappa shape index (κ3) is 4.85. The van der Waals surface area contributed by atoms with Crippen LogP contribution < -0.4 is 20.7 Å². The smallest absolute Gasteiger partial charge is 0.319 e. The summed E-state index contributed by atoms with van der Waals surface area (Å²) in [6.07, 6.45) is 1.94. The standard InChI is InChI=1S/C18H26N4O3/c1-12(2)10-22-7-5-13(6-8-22)19-18(24)20-14-3-4-15-16(9-14)25-11-17(23)21-15/h3-4,9,12-13H,5-8,10-11H2,1-2H3,(H,21,23)(H2,19,20,24). The Kier molecular flexibility index (Phi) is 5.43. The molecule has 136 valence electrons. The van der Waals surface area contributed by atoms with E-state index < -0.39 is 0 Å². The molecule has 7 nitrogen and oxygen atoms in total. The van der Waals surface area contributed by atoms with Gasteiger partial charge in [0.2, 0.25) is 0 Å². The quantitative estimate of drug-likeness (QED) is 0.781. The normalized spacial score (nSPS) is 18.3. The third-order valence-electron chi connectivity index (χ3n) is 4.42. The van der Waals surface area contributed by atoms with Crippen LogP contribution >= 0.6 is 0 Å². The van der Waals surface area contributed by atoms with Crippen molar-refractivity contribution in [2.75, 3.05) is 36.9 Å². The number of carbonyl (C=O) groups excluding carboxylic acids is 2. The Morgan fingerprint density at radius 2 is 2.12 bits per heavy atom. The van der Waals surface area contributed by atoms with Crippen LogP contribution in [0.15, 0.2) is 18.2 Å². The molecule has 0 aliphatic carbocycles. The van der Waals surface area contributed by atoms with Gasteiger partial charge in [0.1, 0.15) is 5.75 Å². The first-order valence-corrected chi connectivity index (χ1v) is 8.86. The third-order valence-corrected chi connectivity index (χ3v) is 4.42. The number of likely N-dealkylation sites (tertiary alicyclic amines) is 1. The molecule has 3 amide bonds. The van der Waals surface area contributed by atoms with Gasteiger partial charge in [-0.1, -0.05) is 13.8 Å². The van der Waals surface area contributed by atoms with Crippen molar-refractivity contribution < 1.29 is 14.3 Å². The Balaban J connectivity index is 1.48. The predicted octanol–water partition coefficient (Wildman–Crippen LogP) is 2.26. The van der Waals surface area contributed by atoms with Crippen molar-refractivity contribution in [3.8, 4) is 5.75 Å². The van der Waals surface area contributed by atoms with Crippen molar-refractivity contribution in [1.29, 1.82) is 0 Å². The average molecular weight is 346 g/mol. The summed E-state index contributed by atoms with van der Waals surface area (Å²) in [5.41, 5.74) is 1.27. The van der Waals surface area contributed by atoms with Crippen LogP contribution in [0.25, 0.3) is 0 Å². The summed E-state index contributed by atoms with van der Waals surface area (Å²) >= 11 is 0. The zero-order valence-corrected chi connectivity index (χ0v) is 14.8. The number of benzene rings is 1. The van der Waals surface area contributed by atoms with Crippen LogP contribution in [0, 0.1) is 5.92 Å². The van der Waals surface area contributed by atoms with E-state index in [1.165, 1.54) is 0 Å². The second-order valence-corrected chi connectivity index (χ2v) is 7.11. The molecular formula is C18H26N4O3. The Labute approximate surface area is 148 Å². The molecule has 2 aliphatic heterocycles. The van der Waals surface area contributed by atoms with Gasteiger partial charge in [0.25, 0.3) is 5.91 Å². The minimum Gasteiger partial charge on any atom is -0.482 e. The number of amides is 3. The van der Waals surface area contributed by atoms with E-state index in [0.29, 0.717) is 23.0 Å². The lowest BCUT2D eigenvalue weighted by molar-refractivity contribution is -0.118. The number of ether oxygens (including phenoxy) is 1. The van der Waals surface area contributed by atoms with Gasteiger partial charge in [-0.2, -0.15) is 0 Å². The maximum atomic E-state index is 12.2. The molecule has 7 heteroatoms. The number of anilines is 2. The number of hydrogen-bond acceptors (Lipinski definition) is 4. The second kappa shape index (κ2) is 7.74. The molecule has 1 aromatic carbocycles. The highest BCUT2D eigenvalue weighted by atomic mass is 16.5. The second-order valence-electron chi connectivity index (χ2n) is 7.11. The van der Waals surface area contributed by atoms with Crippen LogP contribution in [-0.2, 0) is 4.79 Å². The molecule has 1 aromatic rings. The van der Waals surface area contributed by atoms with Crippen LogP contribution in [0.5, 0.6) is 5.75 Å². The first-order chi connectivity index (χ1) is 12.0. The summed E-state index contributed by atoms with van der Waals surface area (Å²) in [5.74, 6) is 1.07. The summed E-state index contributed by atoms with van der Waals surface area (Å²) < 4.78 is 5.36. The molecule has 25 heavy (non-hydrogen) atoms. The van der Waals surface area contributed by atoms with E-state index in [-0.39, 0.29) is 24.6 Å². The van der Waals surface area contributed by atoms with Gasteiger partial charge in [-0.05, 0) is 30.9 Å². The molecular weight excluding hydrogens is 320 g/mol. The van der Waals surface area contributed by atoms with E-state index in [1.807, 2.05) is 0 Å². The zero-order valence-electron chi connectivity index (χ0n) is 14.8. The lowest BCUT2D eigenvalue weighted by Gasteiger charge is -2.33. The van der Waals surface area contributed by atoms with Gasteiger partial charge in [-0.15, -0.1) is 0 Å². The Morgan fingerprint density at radius 3 is 2.84 bits per heavy atom. The molecule has 0 radical (unpaired) electrons. The SMILES string of the molecule is CC(C)CN1CCC(NC(=O)Nc2ccc3c(c2)OCC(=O)N3)CC1. The molecule has 3 N–H and O–H groups in total. The van der Waals surface area contributed by atoms with Crippen LogP contribution in [0.3, 0.4) is 0 Å². The fourth-order valence-corrected chi connectivity index (χ4v) is 3.28. The van der Waals surface area contributed by atoms with Crippen molar-refractivity contribution in [1.82, 2.24) is 10.2 Å². The number of nitrogens with zero attached hydrogens (tertiary/aromatic N) is 1. The van der Waals surface area contributed by atoms with E-state index in [0.717, 1.165) is 32.5 Å². The van der Waals surface area contributed by atoms with Gasteiger partial charge in [0.15, 0.2) is 6.61 Å². The van der Waals surface area contributed by atoms with Crippen LogP contribution in [0.2, 0.25) is 0 Å². The van der Waals surface area contributed by atoms with E-state index in [9.17, 15) is 9.59 Å². The maximum absolute atomic E-state index is 12.2. The Hall–Kier alpha value is -2.28. The van der Waals surface area contributed by atoms with E-state index in [1.54, 1.807) is 18.2 Å². The molecule has 0 unspecified atom stereocenters. The summed E-state index contributed by atoms with van der Waals surface area (Å²) in [5, 5.41) is 8.61. The largest absolute Gasteiger partial charge is 0.482 e. The van der Waals surface area contributed by atoms with E-state index in [4.69, 9.17) is 4.74 Å². The highest BCUT2D eigenvalue weighted by Gasteiger charge is 2.21. The Morgan fingerprint density at radius 1 is 1.36 bits per heavy atom. The van der Waals surface area contributed by atoms with Gasteiger partial charge in [0, 0.05) is 37.4 Å². The predicted molar refractivity (Wildman–Crippen MR) is 97.0 cm³/mol. The maximum Gasteiger partial charge on any atom is 0.319 e. The fraction of sp³-hybridized carbons (Fsp3) is 0.556. The molecule has 1 saturated heterocycles. The average Bonchev–Trinajstić information content (AvgIpc) is 2.56. The van der Waals surface area contributed by atoms with Gasteiger partial charge < -0.3 is 25.6 Å². The molecule has 2 aliphatic rings. The number of fused-ring (bicyclic) bond motifs is 1. The van der Waals surface area contributed by atoms with Crippen LogP contribution in [0.1, 0.15) is 26.7 Å². The molecule has 3 rings (SSSR count). The molecule has 1 fully saturated rings. The number of urea groups is 1. The van der Waals surface area contributed by atoms with Crippen molar-refractivity contribution in [2.24, 2.45) is 5.92 Å². The molecule has 0 saturated carbocycles. The van der Waals surface area contributed by atoms with E-state index in [2.05, 4.69) is 34.7 Å². The lowest BCUT2D eigenvalue weighted by atomic mass is 10.0. The highest BCUT2D eigenvalue weighted by molar-refractivity contribution is 5.96. The van der Waals surface area contributed by atoms with Gasteiger partial charge in [0.05, 0.1) is 5.69 Å². The number of nitrogens with one attached hydrogen (secondary N) is 3. The summed E-state index contributed by atoms with van der Waals surface area (Å²) in [6, 6.07) is 5.20. The van der Waals surface area contributed by atoms with Crippen molar-refractivity contribution in [3.63, 3.8) is 0 Å². The number of hydrogen-bond donors (Lipinski definition) is 3. The highest BCUT2D eigenvalue weighted by Crippen LogP contribution is 2.30. The molecule has 0 atom stereocenters. The number of carbonyl (C=O) groups is 2. The zero-order chi connectivity index (χ0) is 17.8. The number of rotatable bonds is 4. The Bertz CT molecular complexity index is 639. The lowest BCUT2D eigenvalue weighted by Crippen LogP contribution is -2.46. The minimum absolute atomic E-state index is 0.00238. The number of piperidine rings is 1. The summed E-state index contributed by atoms with van der Waals surface area (Å²) in [7, 11) is 0. The summed E-state index contributed by atoms with van der Waals surface area (Å²) in [4.78, 5) is 25.9. The monoisotopic (exact) mass is 346 g/mol. The summed E-state index contributed by atoms with van der Waals surface area (Å²) in [6.45, 7) is 7.62. The molecule has 2 heterocycles. The fourth-order valence-electron chi connectivity index (χ4n) is 3.28. The first kappa shape index (κ1) is 17.5.